The molecule has 0 radical (unpaired) electrons. The van der Waals surface area contributed by atoms with Gasteiger partial charge in [-0.25, -0.2) is 12.8 Å². The van der Waals surface area contributed by atoms with Crippen LogP contribution in [0.25, 0.3) is 0 Å². The lowest BCUT2D eigenvalue weighted by Gasteiger charge is -2.06. The molecule has 6 heteroatoms. The highest BCUT2D eigenvalue weighted by atomic mass is 32.2. The second-order valence-corrected chi connectivity index (χ2v) is 6.99. The lowest BCUT2D eigenvalue weighted by Crippen LogP contribution is -2.12. The largest absolute Gasteiger partial charge is 0.326 e. The Kier molecular flexibility index (Phi) is 4.92. The fourth-order valence-electron chi connectivity index (χ4n) is 1.96. The van der Waals surface area contributed by atoms with Crippen LogP contribution < -0.4 is 5.32 Å². The van der Waals surface area contributed by atoms with E-state index < -0.39 is 9.84 Å². The van der Waals surface area contributed by atoms with Crippen molar-refractivity contribution >= 4 is 21.4 Å². The molecule has 116 valence electrons. The normalized spacial score (nSPS) is 11.2. The van der Waals surface area contributed by atoms with Gasteiger partial charge in [0.2, 0.25) is 5.91 Å². The van der Waals surface area contributed by atoms with Gasteiger partial charge in [-0.15, -0.1) is 0 Å². The molecule has 0 bridgehead atoms. The van der Waals surface area contributed by atoms with Crippen LogP contribution in [0.2, 0.25) is 0 Å². The van der Waals surface area contributed by atoms with Gasteiger partial charge in [0.15, 0.2) is 9.84 Å². The van der Waals surface area contributed by atoms with Gasteiger partial charge in [-0.3, -0.25) is 4.79 Å². The molecule has 0 aliphatic heterocycles. The summed E-state index contributed by atoms with van der Waals surface area (Å²) in [4.78, 5) is 12.0. The van der Waals surface area contributed by atoms with Crippen molar-refractivity contribution < 1.29 is 17.6 Å². The van der Waals surface area contributed by atoms with Gasteiger partial charge in [0, 0.05) is 18.4 Å². The summed E-state index contributed by atoms with van der Waals surface area (Å²) >= 11 is 0. The summed E-state index contributed by atoms with van der Waals surface area (Å²) in [5.41, 5.74) is 1.28. The Hall–Kier alpha value is -2.21. The van der Waals surface area contributed by atoms with E-state index in [9.17, 15) is 17.6 Å². The summed E-state index contributed by atoms with van der Waals surface area (Å²) in [5, 5.41) is 2.68. The molecule has 1 amide bonds. The van der Waals surface area contributed by atoms with E-state index in [0.29, 0.717) is 12.1 Å². The zero-order valence-electron chi connectivity index (χ0n) is 12.0. The smallest absolute Gasteiger partial charge is 0.224 e. The minimum atomic E-state index is -3.25. The average Bonchev–Trinajstić information content (AvgIpc) is 2.45. The number of hydrogen-bond acceptors (Lipinski definition) is 3. The second-order valence-electron chi connectivity index (χ2n) is 4.97. The van der Waals surface area contributed by atoms with Gasteiger partial charge in [-0.05, 0) is 48.4 Å². The van der Waals surface area contributed by atoms with Crippen LogP contribution in [0.15, 0.2) is 53.4 Å². The molecule has 0 heterocycles. The van der Waals surface area contributed by atoms with Crippen molar-refractivity contribution in [1.29, 1.82) is 0 Å². The molecular weight excluding hydrogens is 305 g/mol. The summed E-state index contributed by atoms with van der Waals surface area (Å²) in [7, 11) is -3.25. The Morgan fingerprint density at radius 3 is 2.41 bits per heavy atom. The van der Waals surface area contributed by atoms with Gasteiger partial charge < -0.3 is 5.32 Å². The number of carbonyl (C=O) groups is 1. The molecule has 2 aromatic carbocycles. The lowest BCUT2D eigenvalue weighted by molar-refractivity contribution is -0.116. The summed E-state index contributed by atoms with van der Waals surface area (Å²) in [6, 6.07) is 12.1. The fraction of sp³-hybridized carbons (Fsp3) is 0.188. The number of carbonyl (C=O) groups excluding carboxylic acids is 1. The summed E-state index contributed by atoms with van der Waals surface area (Å²) in [5.74, 6) is -0.536. The third-order valence-electron chi connectivity index (χ3n) is 3.10. The average molecular weight is 321 g/mol. The molecule has 0 aliphatic carbocycles. The van der Waals surface area contributed by atoms with Crippen molar-refractivity contribution in [1.82, 2.24) is 0 Å². The number of sulfone groups is 1. The highest BCUT2D eigenvalue weighted by molar-refractivity contribution is 7.90. The van der Waals surface area contributed by atoms with E-state index in [0.717, 1.165) is 11.8 Å². The molecule has 0 unspecified atom stereocenters. The Balaban J connectivity index is 1.92. The molecule has 0 fully saturated rings. The van der Waals surface area contributed by atoms with Crippen molar-refractivity contribution in [2.75, 3.05) is 11.6 Å². The lowest BCUT2D eigenvalue weighted by atomic mass is 10.1. The van der Waals surface area contributed by atoms with Crippen molar-refractivity contribution in [2.45, 2.75) is 17.7 Å². The zero-order valence-corrected chi connectivity index (χ0v) is 12.9. The van der Waals surface area contributed by atoms with Gasteiger partial charge in [0.05, 0.1) is 4.90 Å². The summed E-state index contributed by atoms with van der Waals surface area (Å²) in [6.45, 7) is 0. The van der Waals surface area contributed by atoms with Crippen molar-refractivity contribution in [2.24, 2.45) is 0 Å². The molecule has 0 aliphatic rings. The molecule has 1 N–H and O–H groups in total. The maximum Gasteiger partial charge on any atom is 0.224 e. The number of halogens is 1. The summed E-state index contributed by atoms with van der Waals surface area (Å²) in [6.07, 6.45) is 1.78. The maximum absolute atomic E-state index is 13.0. The number of amides is 1. The molecule has 0 saturated heterocycles. The van der Waals surface area contributed by atoms with Crippen LogP contribution in [0.5, 0.6) is 0 Å². The highest BCUT2D eigenvalue weighted by Crippen LogP contribution is 2.14. The number of hydrogen-bond donors (Lipinski definition) is 1. The fourth-order valence-corrected chi connectivity index (χ4v) is 2.59. The van der Waals surface area contributed by atoms with E-state index in [1.807, 2.05) is 0 Å². The van der Waals surface area contributed by atoms with E-state index in [1.54, 1.807) is 12.1 Å². The molecule has 4 nitrogen and oxygen atoms in total. The van der Waals surface area contributed by atoms with E-state index in [2.05, 4.69) is 5.32 Å². The van der Waals surface area contributed by atoms with Crippen LogP contribution in [0.1, 0.15) is 12.0 Å². The van der Waals surface area contributed by atoms with Crippen LogP contribution in [-0.2, 0) is 21.1 Å². The minimum absolute atomic E-state index is 0.199. The van der Waals surface area contributed by atoms with Crippen molar-refractivity contribution in [3.8, 4) is 0 Å². The predicted molar refractivity (Wildman–Crippen MR) is 82.9 cm³/mol. The van der Waals surface area contributed by atoms with Crippen LogP contribution in [-0.4, -0.2) is 20.6 Å². The predicted octanol–water partition coefficient (Wildman–Crippen LogP) is 2.80. The number of aryl methyl sites for hydroxylation is 1. The first kappa shape index (κ1) is 16.2. The van der Waals surface area contributed by atoms with Gasteiger partial charge in [0.1, 0.15) is 5.82 Å². The van der Waals surface area contributed by atoms with Gasteiger partial charge in [-0.1, -0.05) is 12.1 Å². The SMILES string of the molecule is CS(=O)(=O)c1ccc(NC(=O)CCc2cccc(F)c2)cc1. The summed E-state index contributed by atoms with van der Waals surface area (Å²) < 4.78 is 35.7. The Morgan fingerprint density at radius 2 is 1.82 bits per heavy atom. The Morgan fingerprint density at radius 1 is 1.14 bits per heavy atom. The van der Waals surface area contributed by atoms with Gasteiger partial charge in [-0.2, -0.15) is 0 Å². The van der Waals surface area contributed by atoms with Crippen molar-refractivity contribution in [3.63, 3.8) is 0 Å². The van der Waals surface area contributed by atoms with E-state index in [1.165, 1.54) is 36.4 Å². The monoisotopic (exact) mass is 321 g/mol. The van der Waals surface area contributed by atoms with E-state index in [-0.39, 0.29) is 23.0 Å². The van der Waals surface area contributed by atoms with E-state index >= 15 is 0 Å². The molecule has 0 aromatic heterocycles. The molecule has 22 heavy (non-hydrogen) atoms. The first-order chi connectivity index (χ1) is 10.3. The number of rotatable bonds is 5. The zero-order chi connectivity index (χ0) is 16.2. The first-order valence-corrected chi connectivity index (χ1v) is 8.58. The molecule has 0 atom stereocenters. The highest BCUT2D eigenvalue weighted by Gasteiger charge is 2.08. The third kappa shape index (κ3) is 4.66. The Labute approximate surface area is 128 Å². The minimum Gasteiger partial charge on any atom is -0.326 e. The number of benzene rings is 2. The van der Waals surface area contributed by atoms with Crippen molar-refractivity contribution in [3.05, 3.63) is 59.9 Å². The van der Waals surface area contributed by atoms with E-state index in [4.69, 9.17) is 0 Å². The molecule has 0 spiro atoms. The molecule has 2 aromatic rings. The standard InChI is InChI=1S/C16H16FNO3S/c1-22(20,21)15-8-6-14(7-9-15)18-16(19)10-5-12-3-2-4-13(17)11-12/h2-4,6-9,11H,5,10H2,1H3,(H,18,19). The van der Waals surface area contributed by atoms with Crippen LogP contribution >= 0.6 is 0 Å². The number of anilines is 1. The topological polar surface area (TPSA) is 63.2 Å². The molecule has 2 rings (SSSR count). The van der Waals surface area contributed by atoms with Gasteiger partial charge >= 0.3 is 0 Å². The number of nitrogens with one attached hydrogen (secondary N) is 1. The third-order valence-corrected chi connectivity index (χ3v) is 4.22. The Bertz CT molecular complexity index is 770. The first-order valence-electron chi connectivity index (χ1n) is 6.69. The second kappa shape index (κ2) is 6.70. The maximum atomic E-state index is 13.0. The van der Waals surface area contributed by atoms with Crippen LogP contribution in [0.3, 0.4) is 0 Å². The molecule has 0 saturated carbocycles. The van der Waals surface area contributed by atoms with Gasteiger partial charge in [0.25, 0.3) is 0 Å². The van der Waals surface area contributed by atoms with Crippen LogP contribution in [0.4, 0.5) is 10.1 Å². The quantitative estimate of drug-likeness (QED) is 0.921. The molecular formula is C16H16FNO3S. The van der Waals surface area contributed by atoms with Crippen LogP contribution in [0, 0.1) is 5.82 Å².